The molecule has 0 spiro atoms. The minimum absolute atomic E-state index is 0.00335. The molecule has 7 heteroatoms. The summed E-state index contributed by atoms with van der Waals surface area (Å²) in [6.45, 7) is 4.07. The van der Waals surface area contributed by atoms with Gasteiger partial charge in [0.1, 0.15) is 5.25 Å². The third-order valence-electron chi connectivity index (χ3n) is 4.01. The molecule has 0 radical (unpaired) electrons. The Bertz CT molecular complexity index is 907. The van der Waals surface area contributed by atoms with Gasteiger partial charge in [0, 0.05) is 14.1 Å². The van der Waals surface area contributed by atoms with E-state index in [1.807, 2.05) is 56.3 Å². The molecular weight excluding hydrogens is 346 g/mol. The number of amides is 1. The molecule has 134 valence electrons. The number of hydrogen-bond donors (Lipinski definition) is 0. The van der Waals surface area contributed by atoms with Crippen molar-refractivity contribution in [1.82, 2.24) is 25.1 Å². The molecule has 0 bridgehead atoms. The molecule has 2 aromatic carbocycles. The van der Waals surface area contributed by atoms with Crippen LogP contribution in [0.5, 0.6) is 0 Å². The van der Waals surface area contributed by atoms with Gasteiger partial charge in [-0.15, -0.1) is 5.10 Å². The zero-order chi connectivity index (χ0) is 18.7. The summed E-state index contributed by atoms with van der Waals surface area (Å²) in [5.74, 6) is -0.00335. The van der Waals surface area contributed by atoms with Gasteiger partial charge in [-0.1, -0.05) is 59.8 Å². The monoisotopic (exact) mass is 367 g/mol. The van der Waals surface area contributed by atoms with E-state index in [0.29, 0.717) is 5.16 Å². The van der Waals surface area contributed by atoms with E-state index in [1.54, 1.807) is 23.7 Å². The molecule has 1 aromatic heterocycles. The lowest BCUT2D eigenvalue weighted by Crippen LogP contribution is -2.27. The van der Waals surface area contributed by atoms with Crippen LogP contribution in [0.1, 0.15) is 21.9 Å². The summed E-state index contributed by atoms with van der Waals surface area (Å²) >= 11 is 1.35. The van der Waals surface area contributed by atoms with Gasteiger partial charge in [-0.3, -0.25) is 4.79 Å². The van der Waals surface area contributed by atoms with E-state index < -0.39 is 5.25 Å². The second kappa shape index (κ2) is 7.70. The fraction of sp³-hybridized carbons (Fsp3) is 0.263. The van der Waals surface area contributed by atoms with Crippen LogP contribution >= 0.6 is 11.8 Å². The summed E-state index contributed by atoms with van der Waals surface area (Å²) in [6, 6.07) is 15.8. The van der Waals surface area contributed by atoms with E-state index >= 15 is 0 Å². The molecule has 0 aliphatic heterocycles. The van der Waals surface area contributed by atoms with Gasteiger partial charge in [0.05, 0.1) is 5.69 Å². The third kappa shape index (κ3) is 3.77. The molecule has 1 heterocycles. The van der Waals surface area contributed by atoms with Gasteiger partial charge in [0.25, 0.3) is 0 Å². The Labute approximate surface area is 157 Å². The number of thioether (sulfide) groups is 1. The first kappa shape index (κ1) is 18.1. The molecule has 1 atom stereocenters. The average molecular weight is 367 g/mol. The first-order chi connectivity index (χ1) is 12.5. The van der Waals surface area contributed by atoms with Crippen molar-refractivity contribution in [1.29, 1.82) is 0 Å². The van der Waals surface area contributed by atoms with Crippen molar-refractivity contribution in [2.75, 3.05) is 14.1 Å². The molecule has 1 unspecified atom stereocenters. The van der Waals surface area contributed by atoms with E-state index in [0.717, 1.165) is 16.8 Å². The normalized spacial score (nSPS) is 12.0. The summed E-state index contributed by atoms with van der Waals surface area (Å²) in [5, 5.41) is 12.3. The van der Waals surface area contributed by atoms with E-state index in [4.69, 9.17) is 0 Å². The molecule has 0 aliphatic carbocycles. The average Bonchev–Trinajstić information content (AvgIpc) is 3.07. The number of carbonyl (C=O) groups is 1. The van der Waals surface area contributed by atoms with Gasteiger partial charge in [-0.25, -0.2) is 0 Å². The van der Waals surface area contributed by atoms with Crippen LogP contribution in [-0.2, 0) is 4.79 Å². The molecule has 0 saturated carbocycles. The van der Waals surface area contributed by atoms with E-state index in [9.17, 15) is 4.79 Å². The van der Waals surface area contributed by atoms with Gasteiger partial charge >= 0.3 is 0 Å². The third-order valence-corrected chi connectivity index (χ3v) is 5.19. The number of hydrogen-bond acceptors (Lipinski definition) is 5. The molecule has 0 aliphatic rings. The lowest BCUT2D eigenvalue weighted by Gasteiger charge is -2.20. The molecular formula is C19H21N5OS. The Kier molecular flexibility index (Phi) is 5.37. The number of likely N-dealkylation sites (N-methyl/N-ethyl adjacent to an activating group) is 1. The highest BCUT2D eigenvalue weighted by Crippen LogP contribution is 2.36. The van der Waals surface area contributed by atoms with Gasteiger partial charge in [0.2, 0.25) is 11.1 Å². The minimum atomic E-state index is -0.415. The molecule has 6 nitrogen and oxygen atoms in total. The van der Waals surface area contributed by atoms with Crippen molar-refractivity contribution in [2.24, 2.45) is 0 Å². The summed E-state index contributed by atoms with van der Waals surface area (Å²) in [5.41, 5.74) is 4.09. The van der Waals surface area contributed by atoms with Gasteiger partial charge in [0.15, 0.2) is 0 Å². The quantitative estimate of drug-likeness (QED) is 0.648. The zero-order valence-corrected chi connectivity index (χ0v) is 16.1. The summed E-state index contributed by atoms with van der Waals surface area (Å²) in [7, 11) is 3.51. The molecule has 0 fully saturated rings. The van der Waals surface area contributed by atoms with E-state index in [2.05, 4.69) is 21.6 Å². The lowest BCUT2D eigenvalue weighted by atomic mass is 10.1. The van der Waals surface area contributed by atoms with Crippen LogP contribution in [0, 0.1) is 13.8 Å². The first-order valence-electron chi connectivity index (χ1n) is 8.26. The maximum absolute atomic E-state index is 12.8. The van der Waals surface area contributed by atoms with Gasteiger partial charge in [-0.05, 0) is 41.5 Å². The predicted octanol–water partition coefficient (Wildman–Crippen LogP) is 3.20. The van der Waals surface area contributed by atoms with Crippen LogP contribution in [0.15, 0.2) is 53.7 Å². The maximum Gasteiger partial charge on any atom is 0.240 e. The Morgan fingerprint density at radius 1 is 1.12 bits per heavy atom. The van der Waals surface area contributed by atoms with Crippen molar-refractivity contribution in [3.05, 3.63) is 65.2 Å². The van der Waals surface area contributed by atoms with Crippen LogP contribution in [0.4, 0.5) is 0 Å². The van der Waals surface area contributed by atoms with Crippen LogP contribution in [-0.4, -0.2) is 45.1 Å². The number of rotatable bonds is 5. The Balaban J connectivity index is 1.98. The largest absolute Gasteiger partial charge is 0.348 e. The standard InChI is InChI=1S/C19H21N5OS/c1-13-10-11-16(14(2)12-13)24-19(20-21-22-24)26-17(18(25)23(3)4)15-8-6-5-7-9-15/h5-12,17H,1-4H3. The van der Waals surface area contributed by atoms with Crippen molar-refractivity contribution in [3.63, 3.8) is 0 Å². The SMILES string of the molecule is Cc1ccc(-n2nnnc2SC(C(=O)N(C)C)c2ccccc2)c(C)c1. The van der Waals surface area contributed by atoms with Crippen LogP contribution < -0.4 is 0 Å². The maximum atomic E-state index is 12.8. The number of carbonyl (C=O) groups excluding carboxylic acids is 1. The second-order valence-corrected chi connectivity index (χ2v) is 7.38. The van der Waals surface area contributed by atoms with Crippen molar-refractivity contribution < 1.29 is 4.79 Å². The first-order valence-corrected chi connectivity index (χ1v) is 9.14. The topological polar surface area (TPSA) is 63.9 Å². The fourth-order valence-corrected chi connectivity index (χ4v) is 3.81. The highest BCUT2D eigenvalue weighted by Gasteiger charge is 2.26. The van der Waals surface area contributed by atoms with Crippen molar-refractivity contribution >= 4 is 17.7 Å². The summed E-state index contributed by atoms with van der Waals surface area (Å²) in [6.07, 6.45) is 0. The van der Waals surface area contributed by atoms with Crippen LogP contribution in [0.25, 0.3) is 5.69 Å². The van der Waals surface area contributed by atoms with E-state index in [1.165, 1.54) is 17.3 Å². The fourth-order valence-electron chi connectivity index (χ4n) is 2.68. The number of nitrogens with zero attached hydrogens (tertiary/aromatic N) is 5. The summed E-state index contributed by atoms with van der Waals surface area (Å²) < 4.78 is 1.69. The minimum Gasteiger partial charge on any atom is -0.348 e. The Morgan fingerprint density at radius 2 is 1.85 bits per heavy atom. The highest BCUT2D eigenvalue weighted by atomic mass is 32.2. The molecule has 3 aromatic rings. The Morgan fingerprint density at radius 3 is 2.50 bits per heavy atom. The molecule has 3 rings (SSSR count). The van der Waals surface area contributed by atoms with Crippen LogP contribution in [0.2, 0.25) is 0 Å². The van der Waals surface area contributed by atoms with Gasteiger partial charge < -0.3 is 4.90 Å². The smallest absolute Gasteiger partial charge is 0.240 e. The molecule has 1 amide bonds. The number of aryl methyl sites for hydroxylation is 2. The highest BCUT2D eigenvalue weighted by molar-refractivity contribution is 8.00. The van der Waals surface area contributed by atoms with Crippen molar-refractivity contribution in [3.8, 4) is 5.69 Å². The lowest BCUT2D eigenvalue weighted by molar-refractivity contribution is -0.128. The number of aromatic nitrogens is 4. The number of benzene rings is 2. The van der Waals surface area contributed by atoms with Crippen LogP contribution in [0.3, 0.4) is 0 Å². The summed E-state index contributed by atoms with van der Waals surface area (Å²) in [4.78, 5) is 14.3. The number of tetrazole rings is 1. The molecule has 0 saturated heterocycles. The predicted molar refractivity (Wildman–Crippen MR) is 102 cm³/mol. The molecule has 0 N–H and O–H groups in total. The second-order valence-electron chi connectivity index (χ2n) is 6.30. The Hall–Kier alpha value is -2.67. The van der Waals surface area contributed by atoms with Crippen molar-refractivity contribution in [2.45, 2.75) is 24.3 Å². The molecule has 26 heavy (non-hydrogen) atoms. The zero-order valence-electron chi connectivity index (χ0n) is 15.2. The van der Waals surface area contributed by atoms with E-state index in [-0.39, 0.29) is 5.91 Å². The van der Waals surface area contributed by atoms with Gasteiger partial charge in [-0.2, -0.15) is 4.68 Å².